The number of nitrogens with zero attached hydrogens (tertiary/aromatic N) is 1. The maximum atomic E-state index is 12.0. The van der Waals surface area contributed by atoms with Gasteiger partial charge in [0.2, 0.25) is 5.91 Å². The van der Waals surface area contributed by atoms with Crippen LogP contribution in [0.5, 0.6) is 0 Å². The first-order chi connectivity index (χ1) is 12.7. The van der Waals surface area contributed by atoms with E-state index in [0.717, 1.165) is 31.6 Å². The highest BCUT2D eigenvalue weighted by Gasteiger charge is 2.16. The molecule has 6 nitrogen and oxygen atoms in total. The van der Waals surface area contributed by atoms with Crippen LogP contribution >= 0.6 is 0 Å². The first-order valence-corrected chi connectivity index (χ1v) is 9.90. The number of carbonyl (C=O) groups is 2. The topological polar surface area (TPSA) is 73.5 Å². The van der Waals surface area contributed by atoms with Gasteiger partial charge in [-0.15, -0.1) is 0 Å². The van der Waals surface area contributed by atoms with Crippen molar-refractivity contribution < 1.29 is 9.59 Å². The van der Waals surface area contributed by atoms with Crippen LogP contribution in [-0.2, 0) is 4.79 Å². The highest BCUT2D eigenvalue weighted by atomic mass is 16.2. The normalized spacial score (nSPS) is 18.2. The van der Waals surface area contributed by atoms with E-state index in [1.165, 1.54) is 44.2 Å². The molecule has 3 rings (SSSR count). The van der Waals surface area contributed by atoms with Crippen LogP contribution in [0, 0.1) is 0 Å². The van der Waals surface area contributed by atoms with Crippen LogP contribution in [-0.4, -0.2) is 37.6 Å². The van der Waals surface area contributed by atoms with Gasteiger partial charge in [0.1, 0.15) is 0 Å². The third-order valence-electron chi connectivity index (χ3n) is 5.22. The van der Waals surface area contributed by atoms with Crippen molar-refractivity contribution in [2.45, 2.75) is 57.4 Å². The molecule has 3 N–H and O–H groups in total. The Morgan fingerprint density at radius 2 is 1.58 bits per heavy atom. The van der Waals surface area contributed by atoms with Crippen LogP contribution in [0.4, 0.5) is 16.2 Å². The molecule has 1 heterocycles. The Balaban J connectivity index is 1.39. The first kappa shape index (κ1) is 18.5. The number of urea groups is 1. The Hall–Kier alpha value is -2.24. The van der Waals surface area contributed by atoms with Crippen molar-refractivity contribution >= 4 is 23.3 Å². The maximum Gasteiger partial charge on any atom is 0.315 e. The molecule has 1 aliphatic carbocycles. The van der Waals surface area contributed by atoms with Crippen molar-refractivity contribution in [2.24, 2.45) is 0 Å². The minimum absolute atomic E-state index is 0.0214. The van der Waals surface area contributed by atoms with E-state index in [9.17, 15) is 9.59 Å². The van der Waals surface area contributed by atoms with Crippen molar-refractivity contribution in [1.82, 2.24) is 10.6 Å². The molecule has 0 unspecified atom stereocenters. The Morgan fingerprint density at radius 1 is 0.923 bits per heavy atom. The van der Waals surface area contributed by atoms with Gasteiger partial charge in [-0.2, -0.15) is 0 Å². The number of anilines is 2. The lowest BCUT2D eigenvalue weighted by molar-refractivity contribution is -0.115. The summed E-state index contributed by atoms with van der Waals surface area (Å²) in [6.07, 6.45) is 9.44. The number of hydrogen-bond donors (Lipinski definition) is 3. The van der Waals surface area contributed by atoms with Gasteiger partial charge in [0, 0.05) is 30.5 Å². The molecule has 6 heteroatoms. The molecule has 2 aliphatic rings. The van der Waals surface area contributed by atoms with Crippen molar-refractivity contribution in [3.63, 3.8) is 0 Å². The van der Waals surface area contributed by atoms with Crippen LogP contribution in [0.15, 0.2) is 24.3 Å². The largest absolute Gasteiger partial charge is 0.372 e. The Kier molecular flexibility index (Phi) is 6.75. The van der Waals surface area contributed by atoms with Gasteiger partial charge in [-0.25, -0.2) is 4.79 Å². The number of benzene rings is 1. The summed E-state index contributed by atoms with van der Waals surface area (Å²) in [5.74, 6) is -0.213. The van der Waals surface area contributed by atoms with Gasteiger partial charge in [-0.05, 0) is 56.4 Å². The molecule has 1 saturated heterocycles. The smallest absolute Gasteiger partial charge is 0.315 e. The molecular weight excluding hydrogens is 328 g/mol. The van der Waals surface area contributed by atoms with Crippen LogP contribution in [0.1, 0.15) is 51.4 Å². The zero-order valence-corrected chi connectivity index (χ0v) is 15.4. The molecule has 1 aliphatic heterocycles. The lowest BCUT2D eigenvalue weighted by atomic mass is 9.96. The number of hydrogen-bond acceptors (Lipinski definition) is 3. The van der Waals surface area contributed by atoms with E-state index in [2.05, 4.69) is 20.9 Å². The fourth-order valence-corrected chi connectivity index (χ4v) is 3.76. The van der Waals surface area contributed by atoms with E-state index >= 15 is 0 Å². The SMILES string of the molecule is O=C(CNC(=O)NC1CCCCC1)Nc1ccc(N2CCCCC2)cc1. The fourth-order valence-electron chi connectivity index (χ4n) is 3.76. The summed E-state index contributed by atoms with van der Waals surface area (Å²) >= 11 is 0. The zero-order chi connectivity index (χ0) is 18.2. The summed E-state index contributed by atoms with van der Waals surface area (Å²) in [5.41, 5.74) is 1.96. The molecule has 0 radical (unpaired) electrons. The standard InChI is InChI=1S/C20H30N4O2/c25-19(15-21-20(26)23-16-7-3-1-4-8-16)22-17-9-11-18(12-10-17)24-13-5-2-6-14-24/h9-12,16H,1-8,13-15H2,(H,22,25)(H2,21,23,26). The summed E-state index contributed by atoms with van der Waals surface area (Å²) in [5, 5.41) is 8.42. The molecule has 1 aromatic rings. The van der Waals surface area contributed by atoms with Crippen molar-refractivity contribution in [3.05, 3.63) is 24.3 Å². The molecule has 2 fully saturated rings. The van der Waals surface area contributed by atoms with Crippen LogP contribution in [0.2, 0.25) is 0 Å². The Bertz CT molecular complexity index is 590. The summed E-state index contributed by atoms with van der Waals surface area (Å²) in [6.45, 7) is 2.18. The van der Waals surface area contributed by atoms with Gasteiger partial charge in [0.25, 0.3) is 0 Å². The van der Waals surface area contributed by atoms with E-state index in [1.54, 1.807) is 0 Å². The van der Waals surface area contributed by atoms with Gasteiger partial charge >= 0.3 is 6.03 Å². The van der Waals surface area contributed by atoms with Gasteiger partial charge in [-0.1, -0.05) is 19.3 Å². The molecule has 0 spiro atoms. The molecule has 0 atom stereocenters. The van der Waals surface area contributed by atoms with Gasteiger partial charge < -0.3 is 20.9 Å². The lowest BCUT2D eigenvalue weighted by Gasteiger charge is -2.28. The average molecular weight is 358 g/mol. The molecule has 1 saturated carbocycles. The number of piperidine rings is 1. The number of amides is 3. The predicted molar refractivity (Wildman–Crippen MR) is 105 cm³/mol. The number of carbonyl (C=O) groups excluding carboxylic acids is 2. The van der Waals surface area contributed by atoms with E-state index < -0.39 is 0 Å². The molecule has 0 bridgehead atoms. The second kappa shape index (κ2) is 9.46. The molecular formula is C20H30N4O2. The van der Waals surface area contributed by atoms with Crippen molar-refractivity contribution in [3.8, 4) is 0 Å². The van der Waals surface area contributed by atoms with Crippen LogP contribution < -0.4 is 20.9 Å². The Morgan fingerprint density at radius 3 is 2.27 bits per heavy atom. The van der Waals surface area contributed by atoms with Gasteiger partial charge in [0.05, 0.1) is 6.54 Å². The fraction of sp³-hybridized carbons (Fsp3) is 0.600. The van der Waals surface area contributed by atoms with Crippen molar-refractivity contribution in [1.29, 1.82) is 0 Å². The second-order valence-electron chi connectivity index (χ2n) is 7.30. The number of rotatable bonds is 5. The maximum absolute atomic E-state index is 12.0. The van der Waals surface area contributed by atoms with Gasteiger partial charge in [0.15, 0.2) is 0 Å². The second-order valence-corrected chi connectivity index (χ2v) is 7.30. The van der Waals surface area contributed by atoms with E-state index in [0.29, 0.717) is 0 Å². The molecule has 0 aromatic heterocycles. The predicted octanol–water partition coefficient (Wildman–Crippen LogP) is 3.25. The van der Waals surface area contributed by atoms with Crippen LogP contribution in [0.25, 0.3) is 0 Å². The quantitative estimate of drug-likeness (QED) is 0.756. The minimum atomic E-state index is -0.257. The molecule has 3 amide bonds. The van der Waals surface area contributed by atoms with E-state index in [4.69, 9.17) is 0 Å². The van der Waals surface area contributed by atoms with E-state index in [-0.39, 0.29) is 24.5 Å². The average Bonchev–Trinajstić information content (AvgIpc) is 2.68. The lowest BCUT2D eigenvalue weighted by Crippen LogP contribution is -2.45. The summed E-state index contributed by atoms with van der Waals surface area (Å²) in [6, 6.07) is 7.92. The first-order valence-electron chi connectivity index (χ1n) is 9.90. The third kappa shape index (κ3) is 5.64. The van der Waals surface area contributed by atoms with E-state index in [1.807, 2.05) is 24.3 Å². The highest BCUT2D eigenvalue weighted by Crippen LogP contribution is 2.21. The van der Waals surface area contributed by atoms with Gasteiger partial charge in [-0.3, -0.25) is 4.79 Å². The highest BCUT2D eigenvalue weighted by molar-refractivity contribution is 5.94. The molecule has 1 aromatic carbocycles. The minimum Gasteiger partial charge on any atom is -0.372 e. The third-order valence-corrected chi connectivity index (χ3v) is 5.22. The Labute approximate surface area is 155 Å². The summed E-state index contributed by atoms with van der Waals surface area (Å²) < 4.78 is 0. The van der Waals surface area contributed by atoms with Crippen molar-refractivity contribution in [2.75, 3.05) is 29.9 Å². The van der Waals surface area contributed by atoms with Crippen LogP contribution in [0.3, 0.4) is 0 Å². The molecule has 142 valence electrons. The zero-order valence-electron chi connectivity index (χ0n) is 15.4. The monoisotopic (exact) mass is 358 g/mol. The summed E-state index contributed by atoms with van der Waals surface area (Å²) in [4.78, 5) is 26.3. The molecule has 26 heavy (non-hydrogen) atoms. The summed E-state index contributed by atoms with van der Waals surface area (Å²) in [7, 11) is 0. The number of nitrogens with one attached hydrogen (secondary N) is 3.